The molecule has 0 saturated heterocycles. The zero-order valence-electron chi connectivity index (χ0n) is 11.6. The van der Waals surface area contributed by atoms with Crippen molar-refractivity contribution < 1.29 is 18.0 Å². The predicted octanol–water partition coefficient (Wildman–Crippen LogP) is 1.71. The lowest BCUT2D eigenvalue weighted by Gasteiger charge is -2.26. The minimum atomic E-state index is -4.59. The summed E-state index contributed by atoms with van der Waals surface area (Å²) in [5.74, 6) is -0.456. The van der Waals surface area contributed by atoms with Crippen molar-refractivity contribution in [2.24, 2.45) is 23.5 Å². The number of aromatic nitrogens is 1. The normalized spacial score (nSPS) is 30.5. The van der Waals surface area contributed by atoms with Crippen LogP contribution in [-0.4, -0.2) is 16.9 Å². The third-order valence-corrected chi connectivity index (χ3v) is 4.77. The number of pyridine rings is 1. The monoisotopic (exact) mass is 315 g/mol. The fourth-order valence-corrected chi connectivity index (χ4v) is 3.68. The Morgan fingerprint density at radius 3 is 2.59 bits per heavy atom. The van der Waals surface area contributed by atoms with Gasteiger partial charge in [-0.2, -0.15) is 13.2 Å². The molecule has 2 bridgehead atoms. The van der Waals surface area contributed by atoms with E-state index in [9.17, 15) is 22.8 Å². The molecule has 5 nitrogen and oxygen atoms in total. The smallest absolute Gasteiger partial charge is 0.327 e. The maximum Gasteiger partial charge on any atom is 0.417 e. The van der Waals surface area contributed by atoms with Crippen LogP contribution in [0.3, 0.4) is 0 Å². The van der Waals surface area contributed by atoms with Crippen molar-refractivity contribution in [1.82, 2.24) is 4.98 Å². The highest BCUT2D eigenvalue weighted by atomic mass is 19.4. The number of aromatic amines is 1. The van der Waals surface area contributed by atoms with E-state index in [0.717, 1.165) is 19.3 Å². The number of fused-ring (bicyclic) bond motifs is 2. The summed E-state index contributed by atoms with van der Waals surface area (Å²) in [5.41, 5.74) is 3.86. The molecular weight excluding hydrogens is 299 g/mol. The second-order valence-corrected chi connectivity index (χ2v) is 6.05. The summed E-state index contributed by atoms with van der Waals surface area (Å²) >= 11 is 0. The first-order valence-electron chi connectivity index (χ1n) is 7.13. The second kappa shape index (κ2) is 5.12. The fourth-order valence-electron chi connectivity index (χ4n) is 3.68. The van der Waals surface area contributed by atoms with E-state index < -0.39 is 34.8 Å². The van der Waals surface area contributed by atoms with Crippen LogP contribution in [-0.2, 0) is 11.0 Å². The molecule has 22 heavy (non-hydrogen) atoms. The molecule has 2 fully saturated rings. The third kappa shape index (κ3) is 2.51. The van der Waals surface area contributed by atoms with Gasteiger partial charge < -0.3 is 16.0 Å². The zero-order chi connectivity index (χ0) is 16.1. The molecule has 0 radical (unpaired) electrons. The third-order valence-electron chi connectivity index (χ3n) is 4.77. The largest absolute Gasteiger partial charge is 0.417 e. The van der Waals surface area contributed by atoms with Crippen LogP contribution in [0.2, 0.25) is 0 Å². The van der Waals surface area contributed by atoms with Gasteiger partial charge in [0.15, 0.2) is 0 Å². The predicted molar refractivity (Wildman–Crippen MR) is 73.0 cm³/mol. The lowest BCUT2D eigenvalue weighted by molar-refractivity contribution is -0.137. The number of nitrogens with two attached hydrogens (primary N) is 1. The molecule has 4 atom stereocenters. The number of amides is 1. The Balaban J connectivity index is 1.81. The Hall–Kier alpha value is -1.83. The van der Waals surface area contributed by atoms with E-state index in [1.165, 1.54) is 0 Å². The Morgan fingerprint density at radius 1 is 1.32 bits per heavy atom. The topological polar surface area (TPSA) is 88.0 Å². The molecule has 3 rings (SSSR count). The Kier molecular flexibility index (Phi) is 3.51. The van der Waals surface area contributed by atoms with Gasteiger partial charge in [0.25, 0.3) is 5.56 Å². The van der Waals surface area contributed by atoms with Gasteiger partial charge in [-0.25, -0.2) is 0 Å². The molecule has 1 heterocycles. The van der Waals surface area contributed by atoms with Gasteiger partial charge >= 0.3 is 6.18 Å². The summed E-state index contributed by atoms with van der Waals surface area (Å²) in [6, 6.07) is 0.360. The van der Waals surface area contributed by atoms with E-state index in [4.69, 9.17) is 5.73 Å². The molecule has 1 aromatic rings. The van der Waals surface area contributed by atoms with Crippen molar-refractivity contribution in [3.8, 4) is 0 Å². The number of anilines is 1. The molecule has 2 aliphatic carbocycles. The average molecular weight is 315 g/mol. The van der Waals surface area contributed by atoms with Crippen LogP contribution in [0.25, 0.3) is 0 Å². The number of H-pyrrole nitrogens is 1. The van der Waals surface area contributed by atoms with Gasteiger partial charge in [0.2, 0.25) is 5.91 Å². The number of hydrogen-bond donors (Lipinski definition) is 3. The van der Waals surface area contributed by atoms with Crippen molar-refractivity contribution in [2.45, 2.75) is 31.5 Å². The van der Waals surface area contributed by atoms with Crippen LogP contribution in [0, 0.1) is 17.8 Å². The number of nitrogens with one attached hydrogen (secondary N) is 2. The first-order chi connectivity index (χ1) is 10.3. The Labute approximate surface area is 124 Å². The summed E-state index contributed by atoms with van der Waals surface area (Å²) in [6.45, 7) is 0. The maximum atomic E-state index is 12.7. The maximum absolute atomic E-state index is 12.7. The molecule has 8 heteroatoms. The Morgan fingerprint density at radius 2 is 2.00 bits per heavy atom. The molecule has 2 aliphatic rings. The van der Waals surface area contributed by atoms with Gasteiger partial charge in [-0.15, -0.1) is 0 Å². The van der Waals surface area contributed by atoms with Gasteiger partial charge in [0.1, 0.15) is 5.69 Å². The number of carbonyl (C=O) groups is 1. The average Bonchev–Trinajstić information content (AvgIpc) is 3.00. The molecule has 0 aromatic carbocycles. The van der Waals surface area contributed by atoms with Crippen LogP contribution < -0.4 is 16.6 Å². The van der Waals surface area contributed by atoms with E-state index in [0.29, 0.717) is 18.2 Å². The fraction of sp³-hybridized carbons (Fsp3) is 0.571. The van der Waals surface area contributed by atoms with Crippen molar-refractivity contribution >= 4 is 11.6 Å². The van der Waals surface area contributed by atoms with E-state index in [2.05, 4.69) is 5.32 Å². The molecule has 1 aromatic heterocycles. The van der Waals surface area contributed by atoms with E-state index >= 15 is 0 Å². The lowest BCUT2D eigenvalue weighted by Crippen LogP contribution is -2.43. The number of halogens is 3. The summed E-state index contributed by atoms with van der Waals surface area (Å²) in [5, 5.41) is 2.32. The number of hydrogen-bond acceptors (Lipinski definition) is 3. The second-order valence-electron chi connectivity index (χ2n) is 6.05. The summed E-state index contributed by atoms with van der Waals surface area (Å²) in [4.78, 5) is 25.9. The van der Waals surface area contributed by atoms with Crippen LogP contribution in [0.15, 0.2) is 17.1 Å². The van der Waals surface area contributed by atoms with Crippen molar-refractivity contribution in [3.63, 3.8) is 0 Å². The lowest BCUT2D eigenvalue weighted by atomic mass is 9.84. The standard InChI is InChI=1S/C14H16F3N3O2/c15-14(16,17)8-4-9(12(21)19-5-8)20-13(22)10-6-1-2-7(3-6)11(10)18/h4-7,10-11H,1-3,18H2,(H,19,21)(H,20,22). The van der Waals surface area contributed by atoms with Gasteiger partial charge in [-0.3, -0.25) is 9.59 Å². The van der Waals surface area contributed by atoms with E-state index in [1.54, 1.807) is 0 Å². The first kappa shape index (κ1) is 15.1. The summed E-state index contributed by atoms with van der Waals surface area (Å²) in [6.07, 6.45) is -1.25. The molecule has 0 spiro atoms. The summed E-state index contributed by atoms with van der Waals surface area (Å²) in [7, 11) is 0. The van der Waals surface area contributed by atoms with E-state index in [-0.39, 0.29) is 12.0 Å². The molecule has 120 valence electrons. The molecular formula is C14H16F3N3O2. The van der Waals surface area contributed by atoms with Crippen LogP contribution >= 0.6 is 0 Å². The summed E-state index contributed by atoms with van der Waals surface area (Å²) < 4.78 is 38.0. The van der Waals surface area contributed by atoms with E-state index in [1.807, 2.05) is 4.98 Å². The van der Waals surface area contributed by atoms with Gasteiger partial charge in [0.05, 0.1) is 11.5 Å². The minimum absolute atomic E-state index is 0.157. The Bertz CT molecular complexity index is 653. The number of rotatable bonds is 2. The van der Waals surface area contributed by atoms with Crippen LogP contribution in [0.4, 0.5) is 18.9 Å². The van der Waals surface area contributed by atoms with Crippen molar-refractivity contribution in [3.05, 3.63) is 28.2 Å². The van der Waals surface area contributed by atoms with Gasteiger partial charge in [0, 0.05) is 12.2 Å². The number of carbonyl (C=O) groups excluding carboxylic acids is 1. The zero-order valence-corrected chi connectivity index (χ0v) is 11.6. The van der Waals surface area contributed by atoms with Crippen molar-refractivity contribution in [2.75, 3.05) is 5.32 Å². The van der Waals surface area contributed by atoms with Crippen molar-refractivity contribution in [1.29, 1.82) is 0 Å². The van der Waals surface area contributed by atoms with Gasteiger partial charge in [-0.05, 0) is 37.2 Å². The number of alkyl halides is 3. The molecule has 1 amide bonds. The molecule has 0 aliphatic heterocycles. The van der Waals surface area contributed by atoms with Crippen LogP contribution in [0.5, 0.6) is 0 Å². The first-order valence-corrected chi connectivity index (χ1v) is 7.13. The highest BCUT2D eigenvalue weighted by molar-refractivity contribution is 5.93. The van der Waals surface area contributed by atoms with Gasteiger partial charge in [-0.1, -0.05) is 0 Å². The SMILES string of the molecule is NC1C2CCC(C2)C1C(=O)Nc1cc(C(F)(F)F)c[nH]c1=O. The highest BCUT2D eigenvalue weighted by Gasteiger charge is 2.49. The van der Waals surface area contributed by atoms with Crippen LogP contribution in [0.1, 0.15) is 24.8 Å². The molecule has 4 unspecified atom stereocenters. The quantitative estimate of drug-likeness (QED) is 0.776. The highest BCUT2D eigenvalue weighted by Crippen LogP contribution is 2.47. The molecule has 4 N–H and O–H groups in total. The minimum Gasteiger partial charge on any atom is -0.327 e. The molecule has 2 saturated carbocycles.